The van der Waals surface area contributed by atoms with Gasteiger partial charge in [0.1, 0.15) is 18.1 Å². The summed E-state index contributed by atoms with van der Waals surface area (Å²) in [7, 11) is 0. The molecule has 0 unspecified atom stereocenters. The van der Waals surface area contributed by atoms with E-state index in [0.717, 1.165) is 28.8 Å². The Morgan fingerprint density at radius 1 is 0.660 bits per heavy atom. The van der Waals surface area contributed by atoms with Crippen LogP contribution in [-0.2, 0) is 32.1 Å². The summed E-state index contributed by atoms with van der Waals surface area (Å²) < 4.78 is 26.8. The molecule has 0 saturated carbocycles. The van der Waals surface area contributed by atoms with Gasteiger partial charge in [0.15, 0.2) is 11.5 Å². The minimum absolute atomic E-state index is 0.0279. The van der Waals surface area contributed by atoms with Crippen molar-refractivity contribution in [1.82, 2.24) is 0 Å². The summed E-state index contributed by atoms with van der Waals surface area (Å²) in [6, 6.07) is 26.4. The van der Waals surface area contributed by atoms with Crippen LogP contribution >= 0.6 is 0 Å². The lowest BCUT2D eigenvalue weighted by Crippen LogP contribution is -2.10. The van der Waals surface area contributed by atoms with E-state index >= 15 is 0 Å². The SMILES string of the molecule is C=CC(=O)Oc1ccc(CCOC(=O)c2ccc(-c3ccc(COc4ccc(OC(=O)C(=C)C)cc4)cc3)cc2)cc1OC(=O)C=C. The van der Waals surface area contributed by atoms with Gasteiger partial charge in [-0.2, -0.15) is 0 Å². The summed E-state index contributed by atoms with van der Waals surface area (Å²) in [5.74, 6) is -1.28. The summed E-state index contributed by atoms with van der Waals surface area (Å²) >= 11 is 0. The molecule has 0 fully saturated rings. The van der Waals surface area contributed by atoms with Gasteiger partial charge in [0.05, 0.1) is 12.2 Å². The van der Waals surface area contributed by atoms with Gasteiger partial charge in [-0.05, 0) is 77.7 Å². The van der Waals surface area contributed by atoms with Crippen LogP contribution in [0.2, 0.25) is 0 Å². The second kappa shape index (κ2) is 16.2. The van der Waals surface area contributed by atoms with Crippen molar-refractivity contribution in [2.45, 2.75) is 20.0 Å². The number of ether oxygens (including phenoxy) is 5. The fourth-order valence-corrected chi connectivity index (χ4v) is 4.07. The predicted molar refractivity (Wildman–Crippen MR) is 175 cm³/mol. The van der Waals surface area contributed by atoms with E-state index < -0.39 is 23.9 Å². The van der Waals surface area contributed by atoms with Gasteiger partial charge in [-0.1, -0.05) is 62.2 Å². The first kappa shape index (κ1) is 33.7. The minimum atomic E-state index is -0.720. The number of carbonyl (C=O) groups is 4. The van der Waals surface area contributed by atoms with Gasteiger partial charge < -0.3 is 23.7 Å². The van der Waals surface area contributed by atoms with E-state index in [1.165, 1.54) is 12.1 Å². The number of rotatable bonds is 14. The van der Waals surface area contributed by atoms with Gasteiger partial charge in [-0.15, -0.1) is 0 Å². The van der Waals surface area contributed by atoms with Crippen LogP contribution in [0, 0.1) is 0 Å². The van der Waals surface area contributed by atoms with E-state index in [1.807, 2.05) is 36.4 Å². The van der Waals surface area contributed by atoms with Crippen molar-refractivity contribution in [3.8, 4) is 34.1 Å². The summed E-state index contributed by atoms with van der Waals surface area (Å²) in [6.07, 6.45) is 2.30. The van der Waals surface area contributed by atoms with E-state index in [4.69, 9.17) is 23.7 Å². The first-order valence-corrected chi connectivity index (χ1v) is 14.4. The third-order valence-electron chi connectivity index (χ3n) is 6.58. The molecule has 9 heteroatoms. The predicted octanol–water partition coefficient (Wildman–Crippen LogP) is 7.00. The summed E-state index contributed by atoms with van der Waals surface area (Å²) in [5.41, 5.74) is 4.26. The zero-order valence-corrected chi connectivity index (χ0v) is 25.7. The van der Waals surface area contributed by atoms with Crippen LogP contribution in [0.15, 0.2) is 128 Å². The van der Waals surface area contributed by atoms with E-state index in [0.29, 0.717) is 41.2 Å². The molecule has 0 heterocycles. The summed E-state index contributed by atoms with van der Waals surface area (Å²) in [6.45, 7) is 12.3. The fraction of sp³-hybridized carbons (Fsp3) is 0.105. The molecule has 0 radical (unpaired) electrons. The molecule has 47 heavy (non-hydrogen) atoms. The maximum absolute atomic E-state index is 12.7. The zero-order chi connectivity index (χ0) is 33.8. The Morgan fingerprint density at radius 2 is 1.21 bits per heavy atom. The van der Waals surface area contributed by atoms with Crippen molar-refractivity contribution in [2.24, 2.45) is 0 Å². The van der Waals surface area contributed by atoms with Crippen molar-refractivity contribution in [2.75, 3.05) is 6.61 Å². The maximum atomic E-state index is 12.7. The first-order chi connectivity index (χ1) is 22.6. The van der Waals surface area contributed by atoms with Crippen LogP contribution in [0.3, 0.4) is 0 Å². The third-order valence-corrected chi connectivity index (χ3v) is 6.58. The van der Waals surface area contributed by atoms with E-state index in [-0.39, 0.29) is 18.1 Å². The highest BCUT2D eigenvalue weighted by Crippen LogP contribution is 2.29. The Bertz CT molecular complexity index is 1780. The molecule has 0 N–H and O–H groups in total. The highest BCUT2D eigenvalue weighted by Gasteiger charge is 2.14. The molecular weight excluding hydrogens is 600 g/mol. The van der Waals surface area contributed by atoms with Crippen molar-refractivity contribution in [3.05, 3.63) is 145 Å². The second-order valence-corrected chi connectivity index (χ2v) is 10.1. The van der Waals surface area contributed by atoms with Crippen molar-refractivity contribution >= 4 is 23.9 Å². The fourth-order valence-electron chi connectivity index (χ4n) is 4.07. The number of hydrogen-bond donors (Lipinski definition) is 0. The topological polar surface area (TPSA) is 114 Å². The standard InChI is InChI=1S/C38H32O9/c1-5-35(39)46-33-20-9-26(23-34(33)47-36(40)6-2)21-22-43-38(42)30-14-12-29(13-15-30)28-10-7-27(8-11-28)24-44-31-16-18-32(19-17-31)45-37(41)25(3)4/h5-20,23H,1-3,21-22,24H2,4H3. The molecule has 0 bridgehead atoms. The molecule has 0 saturated heterocycles. The molecule has 0 spiro atoms. The molecule has 4 rings (SSSR count). The molecule has 0 amide bonds. The van der Waals surface area contributed by atoms with Crippen LogP contribution in [-0.4, -0.2) is 30.5 Å². The van der Waals surface area contributed by atoms with Crippen LogP contribution in [0.5, 0.6) is 23.0 Å². The van der Waals surface area contributed by atoms with E-state index in [2.05, 4.69) is 19.7 Å². The summed E-state index contributed by atoms with van der Waals surface area (Å²) in [4.78, 5) is 47.6. The lowest BCUT2D eigenvalue weighted by Gasteiger charge is -2.11. The molecule has 0 atom stereocenters. The lowest BCUT2D eigenvalue weighted by atomic mass is 10.0. The molecule has 0 aliphatic heterocycles. The Labute approximate surface area is 272 Å². The highest BCUT2D eigenvalue weighted by atomic mass is 16.6. The average Bonchev–Trinajstić information content (AvgIpc) is 3.09. The van der Waals surface area contributed by atoms with Crippen LogP contribution in [0.4, 0.5) is 0 Å². The van der Waals surface area contributed by atoms with Gasteiger partial charge in [-0.3, -0.25) is 0 Å². The molecule has 0 aromatic heterocycles. The van der Waals surface area contributed by atoms with E-state index in [9.17, 15) is 19.2 Å². The van der Waals surface area contributed by atoms with Crippen LogP contribution in [0.1, 0.15) is 28.4 Å². The molecule has 238 valence electrons. The highest BCUT2D eigenvalue weighted by molar-refractivity contribution is 5.90. The normalized spacial score (nSPS) is 10.2. The Balaban J connectivity index is 1.28. The lowest BCUT2D eigenvalue weighted by molar-refractivity contribution is -0.131. The molecule has 4 aromatic rings. The Morgan fingerprint density at radius 3 is 1.81 bits per heavy atom. The molecule has 9 nitrogen and oxygen atoms in total. The number of carbonyl (C=O) groups excluding carboxylic acids is 4. The van der Waals surface area contributed by atoms with Gasteiger partial charge >= 0.3 is 23.9 Å². The minimum Gasteiger partial charge on any atom is -0.489 e. The van der Waals surface area contributed by atoms with E-state index in [1.54, 1.807) is 49.4 Å². The van der Waals surface area contributed by atoms with Gasteiger partial charge in [0.25, 0.3) is 0 Å². The zero-order valence-electron chi connectivity index (χ0n) is 25.7. The van der Waals surface area contributed by atoms with Gasteiger partial charge in [0.2, 0.25) is 0 Å². The van der Waals surface area contributed by atoms with Gasteiger partial charge in [0, 0.05) is 24.1 Å². The van der Waals surface area contributed by atoms with Gasteiger partial charge in [-0.25, -0.2) is 19.2 Å². The van der Waals surface area contributed by atoms with Crippen LogP contribution < -0.4 is 18.9 Å². The van der Waals surface area contributed by atoms with Crippen LogP contribution in [0.25, 0.3) is 11.1 Å². The number of benzene rings is 4. The smallest absolute Gasteiger partial charge is 0.338 e. The third kappa shape index (κ3) is 9.89. The average molecular weight is 633 g/mol. The largest absolute Gasteiger partial charge is 0.489 e. The molecule has 0 aliphatic rings. The Kier molecular flexibility index (Phi) is 11.6. The maximum Gasteiger partial charge on any atom is 0.338 e. The quantitative estimate of drug-likeness (QED) is 0.0824. The first-order valence-electron chi connectivity index (χ1n) is 14.4. The monoisotopic (exact) mass is 632 g/mol. The second-order valence-electron chi connectivity index (χ2n) is 10.1. The number of esters is 4. The van der Waals surface area contributed by atoms with Crippen molar-refractivity contribution in [1.29, 1.82) is 0 Å². The van der Waals surface area contributed by atoms with Crippen molar-refractivity contribution in [3.63, 3.8) is 0 Å². The molecular formula is C38H32O9. The Hall–Kier alpha value is -6.22. The molecule has 4 aromatic carbocycles. The summed E-state index contributed by atoms with van der Waals surface area (Å²) in [5, 5.41) is 0. The van der Waals surface area contributed by atoms with Crippen molar-refractivity contribution < 1.29 is 42.9 Å². The number of hydrogen-bond acceptors (Lipinski definition) is 9. The molecule has 0 aliphatic carbocycles.